The summed E-state index contributed by atoms with van der Waals surface area (Å²) in [6.07, 6.45) is 3.71. The van der Waals surface area contributed by atoms with Crippen LogP contribution in [0.15, 0.2) is 35.4 Å². The highest BCUT2D eigenvalue weighted by molar-refractivity contribution is 6.30. The third-order valence-corrected chi connectivity index (χ3v) is 5.73. The zero-order chi connectivity index (χ0) is 21.9. The van der Waals surface area contributed by atoms with Crippen molar-refractivity contribution in [1.29, 1.82) is 0 Å². The molecule has 0 amide bonds. The molecule has 1 aromatic carbocycles. The number of aromatic nitrogens is 6. The van der Waals surface area contributed by atoms with E-state index < -0.39 is 11.9 Å². The highest BCUT2D eigenvalue weighted by Crippen LogP contribution is 2.44. The van der Waals surface area contributed by atoms with Gasteiger partial charge in [0, 0.05) is 42.9 Å². The molecule has 10 heteroatoms. The van der Waals surface area contributed by atoms with Gasteiger partial charge in [0.2, 0.25) is 0 Å². The Morgan fingerprint density at radius 3 is 2.61 bits per heavy atom. The summed E-state index contributed by atoms with van der Waals surface area (Å²) in [5.74, 6) is 0.238. The van der Waals surface area contributed by atoms with E-state index in [2.05, 4.69) is 20.1 Å². The van der Waals surface area contributed by atoms with E-state index in [1.54, 1.807) is 30.9 Å². The maximum Gasteiger partial charge on any atom is 0.279 e. The topological polar surface area (TPSA) is 87.7 Å². The van der Waals surface area contributed by atoms with E-state index in [9.17, 15) is 9.18 Å². The molecule has 0 spiro atoms. The van der Waals surface area contributed by atoms with Gasteiger partial charge in [-0.25, -0.2) is 19.3 Å². The van der Waals surface area contributed by atoms with Crippen molar-refractivity contribution in [2.75, 3.05) is 0 Å². The lowest BCUT2D eigenvalue weighted by Gasteiger charge is -2.34. The monoisotopic (exact) mass is 440 g/mol. The Morgan fingerprint density at radius 2 is 1.94 bits per heavy atom. The molecule has 0 saturated carbocycles. The zero-order valence-corrected chi connectivity index (χ0v) is 17.8. The van der Waals surface area contributed by atoms with Gasteiger partial charge in [-0.05, 0) is 25.1 Å². The van der Waals surface area contributed by atoms with Crippen LogP contribution in [0.3, 0.4) is 0 Å². The average Bonchev–Trinajstić information content (AvgIpc) is 3.11. The number of ether oxygens (including phenoxy) is 1. The van der Waals surface area contributed by atoms with Crippen molar-refractivity contribution >= 4 is 22.6 Å². The van der Waals surface area contributed by atoms with Gasteiger partial charge in [0.1, 0.15) is 29.0 Å². The number of hydrogen-bond acceptors (Lipinski definition) is 6. The van der Waals surface area contributed by atoms with Crippen LogP contribution in [0.4, 0.5) is 4.39 Å². The lowest BCUT2D eigenvalue weighted by Crippen LogP contribution is -2.27. The van der Waals surface area contributed by atoms with Gasteiger partial charge in [-0.1, -0.05) is 11.6 Å². The van der Waals surface area contributed by atoms with E-state index in [1.807, 2.05) is 13.2 Å². The van der Waals surface area contributed by atoms with Crippen LogP contribution < -0.4 is 5.56 Å². The molecule has 0 radical (unpaired) electrons. The maximum absolute atomic E-state index is 14.8. The van der Waals surface area contributed by atoms with Gasteiger partial charge in [-0.2, -0.15) is 5.10 Å². The van der Waals surface area contributed by atoms with Crippen molar-refractivity contribution in [2.24, 2.45) is 14.1 Å². The third-order valence-electron chi connectivity index (χ3n) is 5.50. The predicted octanol–water partition coefficient (Wildman–Crippen LogP) is 3.43. The molecule has 1 saturated heterocycles. The van der Waals surface area contributed by atoms with E-state index in [-0.39, 0.29) is 39.0 Å². The Balaban J connectivity index is 1.64. The summed E-state index contributed by atoms with van der Waals surface area (Å²) in [7, 11) is 3.45. The predicted molar refractivity (Wildman–Crippen MR) is 112 cm³/mol. The minimum atomic E-state index is -0.554. The summed E-state index contributed by atoms with van der Waals surface area (Å²) in [5, 5.41) is 4.42. The molecule has 0 N–H and O–H groups in total. The smallest absolute Gasteiger partial charge is 0.279 e. The number of halogens is 2. The largest absolute Gasteiger partial charge is 0.362 e. The van der Waals surface area contributed by atoms with Crippen LogP contribution in [-0.4, -0.2) is 29.3 Å². The van der Waals surface area contributed by atoms with Gasteiger partial charge >= 0.3 is 0 Å². The summed E-state index contributed by atoms with van der Waals surface area (Å²) in [5.41, 5.74) is 1.43. The highest BCUT2D eigenvalue weighted by atomic mass is 35.5. The van der Waals surface area contributed by atoms with E-state index in [0.717, 1.165) is 5.56 Å². The van der Waals surface area contributed by atoms with Crippen LogP contribution in [0, 0.1) is 12.7 Å². The van der Waals surface area contributed by atoms with Gasteiger partial charge in [-0.15, -0.1) is 0 Å². The van der Waals surface area contributed by atoms with Gasteiger partial charge in [-0.3, -0.25) is 14.0 Å². The van der Waals surface area contributed by atoms with Crippen LogP contribution >= 0.6 is 11.6 Å². The van der Waals surface area contributed by atoms with Gasteiger partial charge in [0.25, 0.3) is 5.56 Å². The minimum absolute atomic E-state index is 0.121. The number of benzene rings is 1. The van der Waals surface area contributed by atoms with E-state index >= 15 is 0 Å². The highest BCUT2D eigenvalue weighted by Gasteiger charge is 2.36. The second kappa shape index (κ2) is 7.21. The zero-order valence-electron chi connectivity index (χ0n) is 17.0. The number of nitrogens with zero attached hydrogens (tertiary/aromatic N) is 6. The summed E-state index contributed by atoms with van der Waals surface area (Å²) in [6, 6.07) is 4.30. The fraction of sp³-hybridized carbons (Fsp3) is 0.286. The van der Waals surface area contributed by atoms with Crippen molar-refractivity contribution in [3.05, 3.63) is 69.0 Å². The van der Waals surface area contributed by atoms with E-state index in [0.29, 0.717) is 18.1 Å². The fourth-order valence-electron chi connectivity index (χ4n) is 3.65. The standard InChI is InChI=1S/C21H18ClFN6O2/c1-10-25-18-17(13-5-4-12(22)6-14(13)23)26-20(27-19(18)21(30)29(10)3)16-7-15(31-16)11-8-24-28(2)9-11/h4-6,8-9,15-16H,7H2,1-3H3/t15-,16+/m0/s1. The lowest BCUT2D eigenvalue weighted by molar-refractivity contribution is -0.134. The second-order valence-electron chi connectivity index (χ2n) is 7.57. The summed E-state index contributed by atoms with van der Waals surface area (Å²) >= 11 is 5.91. The number of aryl methyl sites for hydroxylation is 2. The van der Waals surface area contributed by atoms with E-state index in [4.69, 9.17) is 16.3 Å². The van der Waals surface area contributed by atoms with Crippen LogP contribution in [-0.2, 0) is 18.8 Å². The first-order valence-corrected chi connectivity index (χ1v) is 10.0. The first-order valence-electron chi connectivity index (χ1n) is 9.66. The molecule has 31 heavy (non-hydrogen) atoms. The molecule has 2 atom stereocenters. The normalized spacial score (nSPS) is 18.4. The molecular formula is C21H18ClFN6O2. The molecule has 1 fully saturated rings. The van der Waals surface area contributed by atoms with E-state index in [1.165, 1.54) is 16.7 Å². The summed E-state index contributed by atoms with van der Waals surface area (Å²) in [4.78, 5) is 26.4. The summed E-state index contributed by atoms with van der Waals surface area (Å²) in [6.45, 7) is 1.70. The lowest BCUT2D eigenvalue weighted by atomic mass is 9.99. The molecule has 0 aliphatic carbocycles. The van der Waals surface area contributed by atoms with Gasteiger partial charge < -0.3 is 4.74 Å². The number of fused-ring (bicyclic) bond motifs is 1. The molecule has 1 aliphatic heterocycles. The van der Waals surface area contributed by atoms with Crippen molar-refractivity contribution in [1.82, 2.24) is 29.3 Å². The molecule has 0 bridgehead atoms. The molecule has 158 valence electrons. The van der Waals surface area contributed by atoms with Crippen molar-refractivity contribution in [3.63, 3.8) is 0 Å². The molecule has 4 aromatic rings. The Hall–Kier alpha value is -3.17. The first-order chi connectivity index (χ1) is 14.8. The summed E-state index contributed by atoms with van der Waals surface area (Å²) < 4.78 is 23.9. The molecule has 1 aliphatic rings. The third kappa shape index (κ3) is 3.30. The van der Waals surface area contributed by atoms with Gasteiger partial charge in [0.15, 0.2) is 11.3 Å². The molecular weight excluding hydrogens is 423 g/mol. The van der Waals surface area contributed by atoms with Crippen LogP contribution in [0.25, 0.3) is 22.3 Å². The van der Waals surface area contributed by atoms with Crippen LogP contribution in [0.2, 0.25) is 5.02 Å². The van der Waals surface area contributed by atoms with Gasteiger partial charge in [0.05, 0.1) is 12.3 Å². The van der Waals surface area contributed by atoms with Crippen molar-refractivity contribution < 1.29 is 9.13 Å². The molecule has 5 rings (SSSR count). The average molecular weight is 441 g/mol. The number of rotatable bonds is 3. The van der Waals surface area contributed by atoms with Crippen LogP contribution in [0.1, 0.15) is 35.8 Å². The SMILES string of the molecule is Cc1nc2c(-c3ccc(Cl)cc3F)nc([C@H]3C[C@@H](c4cnn(C)c4)O3)nc2c(=O)n1C. The maximum atomic E-state index is 14.8. The van der Waals surface area contributed by atoms with Crippen molar-refractivity contribution in [2.45, 2.75) is 25.6 Å². The quantitative estimate of drug-likeness (QED) is 0.485. The molecule has 0 unspecified atom stereocenters. The van der Waals surface area contributed by atoms with Crippen molar-refractivity contribution in [3.8, 4) is 11.3 Å². The number of hydrogen-bond donors (Lipinski definition) is 0. The first kappa shape index (κ1) is 19.8. The second-order valence-corrected chi connectivity index (χ2v) is 8.01. The van der Waals surface area contributed by atoms with Crippen LogP contribution in [0.5, 0.6) is 0 Å². The Morgan fingerprint density at radius 1 is 1.16 bits per heavy atom. The molecule has 4 heterocycles. The minimum Gasteiger partial charge on any atom is -0.362 e. The fourth-order valence-corrected chi connectivity index (χ4v) is 3.81. The Labute approximate surface area is 181 Å². The molecule has 8 nitrogen and oxygen atoms in total. The Bertz CT molecular complexity index is 1390. The molecule has 3 aromatic heterocycles. The Kier molecular flexibility index (Phi) is 4.60.